The first-order valence-corrected chi connectivity index (χ1v) is 7.29. The highest BCUT2D eigenvalue weighted by Gasteiger charge is 2.25. The molecule has 2 N–H and O–H groups in total. The smallest absolute Gasteiger partial charge is 0.0605 e. The summed E-state index contributed by atoms with van der Waals surface area (Å²) in [6, 6.07) is 0.361. The van der Waals surface area contributed by atoms with E-state index in [1.807, 2.05) is 0 Å². The fourth-order valence-electron chi connectivity index (χ4n) is 2.42. The van der Waals surface area contributed by atoms with E-state index in [0.29, 0.717) is 18.2 Å². The summed E-state index contributed by atoms with van der Waals surface area (Å²) in [5, 5.41) is 0. The zero-order chi connectivity index (χ0) is 12.7. The molecule has 2 heterocycles. The van der Waals surface area contributed by atoms with Crippen molar-refractivity contribution >= 4 is 0 Å². The van der Waals surface area contributed by atoms with Gasteiger partial charge < -0.3 is 15.4 Å². The van der Waals surface area contributed by atoms with Crippen LogP contribution in [0.25, 0.3) is 0 Å². The summed E-state index contributed by atoms with van der Waals surface area (Å²) in [7, 11) is 0. The minimum atomic E-state index is 0.361. The summed E-state index contributed by atoms with van der Waals surface area (Å²) in [5.74, 6) is 0. The van der Waals surface area contributed by atoms with E-state index in [9.17, 15) is 0 Å². The number of likely N-dealkylation sites (tertiary alicyclic amines) is 1. The number of rotatable bonds is 3. The molecule has 2 aliphatic heterocycles. The maximum absolute atomic E-state index is 5.97. The van der Waals surface area contributed by atoms with Crippen LogP contribution in [0.3, 0.4) is 0 Å². The SMILES string of the molecule is CC1CC(N)CC(CCN2CCC2)O1.CCC. The molecule has 2 fully saturated rings. The number of ether oxygens (including phenoxy) is 1. The zero-order valence-electron chi connectivity index (χ0n) is 11.8. The third-order valence-electron chi connectivity index (χ3n) is 3.34. The van der Waals surface area contributed by atoms with Crippen molar-refractivity contribution in [3.8, 4) is 0 Å². The number of hydrogen-bond acceptors (Lipinski definition) is 3. The molecule has 3 atom stereocenters. The Kier molecular flexibility index (Phi) is 7.09. The highest BCUT2D eigenvalue weighted by atomic mass is 16.5. The molecule has 3 heteroatoms. The van der Waals surface area contributed by atoms with Crippen molar-refractivity contribution in [2.45, 2.75) is 71.1 Å². The third-order valence-corrected chi connectivity index (χ3v) is 3.34. The molecule has 17 heavy (non-hydrogen) atoms. The molecule has 0 aliphatic carbocycles. The minimum absolute atomic E-state index is 0.361. The van der Waals surface area contributed by atoms with Gasteiger partial charge in [-0.15, -0.1) is 0 Å². The Balaban J connectivity index is 0.000000437. The lowest BCUT2D eigenvalue weighted by molar-refractivity contribution is -0.0551. The van der Waals surface area contributed by atoms with Crippen LogP contribution < -0.4 is 5.73 Å². The lowest BCUT2D eigenvalue weighted by Gasteiger charge is -2.35. The number of nitrogens with two attached hydrogens (primary N) is 1. The summed E-state index contributed by atoms with van der Waals surface area (Å²) >= 11 is 0. The van der Waals surface area contributed by atoms with Gasteiger partial charge in [-0.05, 0) is 45.7 Å². The van der Waals surface area contributed by atoms with Crippen LogP contribution in [0.15, 0.2) is 0 Å². The van der Waals surface area contributed by atoms with Crippen LogP contribution >= 0.6 is 0 Å². The van der Waals surface area contributed by atoms with Gasteiger partial charge in [0.05, 0.1) is 12.2 Å². The number of hydrogen-bond donors (Lipinski definition) is 1. The van der Waals surface area contributed by atoms with E-state index in [1.54, 1.807) is 0 Å². The Morgan fingerprint density at radius 3 is 2.35 bits per heavy atom. The Labute approximate surface area is 107 Å². The first kappa shape index (κ1) is 14.9. The first-order chi connectivity index (χ1) is 8.15. The highest BCUT2D eigenvalue weighted by Crippen LogP contribution is 2.21. The lowest BCUT2D eigenvalue weighted by Crippen LogP contribution is -2.43. The topological polar surface area (TPSA) is 38.5 Å². The van der Waals surface area contributed by atoms with Crippen LogP contribution in [0.5, 0.6) is 0 Å². The van der Waals surface area contributed by atoms with Gasteiger partial charge in [-0.2, -0.15) is 0 Å². The van der Waals surface area contributed by atoms with Gasteiger partial charge >= 0.3 is 0 Å². The molecule has 3 nitrogen and oxygen atoms in total. The van der Waals surface area contributed by atoms with Gasteiger partial charge in [-0.3, -0.25) is 0 Å². The summed E-state index contributed by atoms with van der Waals surface area (Å²) in [6.45, 7) is 10.2. The van der Waals surface area contributed by atoms with Gasteiger partial charge in [0.2, 0.25) is 0 Å². The number of nitrogens with zero attached hydrogens (tertiary/aromatic N) is 1. The molecule has 2 saturated heterocycles. The molecular weight excluding hydrogens is 212 g/mol. The van der Waals surface area contributed by atoms with Crippen molar-refractivity contribution < 1.29 is 4.74 Å². The molecule has 0 amide bonds. The maximum atomic E-state index is 5.97. The second-order valence-electron chi connectivity index (χ2n) is 5.49. The lowest BCUT2D eigenvalue weighted by atomic mass is 9.98. The molecule has 2 aliphatic rings. The van der Waals surface area contributed by atoms with Gasteiger partial charge in [0.25, 0.3) is 0 Å². The van der Waals surface area contributed by atoms with Crippen LogP contribution in [0.1, 0.15) is 52.9 Å². The third kappa shape index (κ3) is 5.84. The molecule has 3 unspecified atom stereocenters. The van der Waals surface area contributed by atoms with Crippen molar-refractivity contribution in [1.82, 2.24) is 4.90 Å². The highest BCUT2D eigenvalue weighted by molar-refractivity contribution is 4.79. The summed E-state index contributed by atoms with van der Waals surface area (Å²) in [6.07, 6.45) is 6.65. The van der Waals surface area contributed by atoms with E-state index in [2.05, 4.69) is 25.7 Å². The molecule has 0 spiro atoms. The molecule has 2 rings (SSSR count). The van der Waals surface area contributed by atoms with E-state index < -0.39 is 0 Å². The van der Waals surface area contributed by atoms with Gasteiger partial charge in [0, 0.05) is 12.6 Å². The van der Waals surface area contributed by atoms with Gasteiger partial charge in [0.15, 0.2) is 0 Å². The first-order valence-electron chi connectivity index (χ1n) is 7.29. The van der Waals surface area contributed by atoms with Crippen molar-refractivity contribution in [1.29, 1.82) is 0 Å². The summed E-state index contributed by atoms with van der Waals surface area (Å²) < 4.78 is 5.87. The average Bonchev–Trinajstić information content (AvgIpc) is 2.14. The zero-order valence-corrected chi connectivity index (χ0v) is 11.8. The molecule has 102 valence electrons. The van der Waals surface area contributed by atoms with Crippen LogP contribution in [0, 0.1) is 0 Å². The Hall–Kier alpha value is -0.120. The molecule has 0 aromatic carbocycles. The van der Waals surface area contributed by atoms with Gasteiger partial charge in [0.1, 0.15) is 0 Å². The molecule has 0 saturated carbocycles. The Morgan fingerprint density at radius 1 is 1.24 bits per heavy atom. The van der Waals surface area contributed by atoms with E-state index in [0.717, 1.165) is 19.3 Å². The molecular formula is C14H30N2O. The average molecular weight is 242 g/mol. The Morgan fingerprint density at radius 2 is 1.88 bits per heavy atom. The molecule has 0 aromatic heterocycles. The van der Waals surface area contributed by atoms with E-state index >= 15 is 0 Å². The predicted octanol–water partition coefficient (Wildman–Crippen LogP) is 2.39. The van der Waals surface area contributed by atoms with Crippen LogP contribution in [0.4, 0.5) is 0 Å². The predicted molar refractivity (Wildman–Crippen MR) is 73.2 cm³/mol. The monoisotopic (exact) mass is 242 g/mol. The molecule has 0 radical (unpaired) electrons. The Bertz CT molecular complexity index is 185. The van der Waals surface area contributed by atoms with Gasteiger partial charge in [-0.1, -0.05) is 20.3 Å². The molecule has 0 bridgehead atoms. The van der Waals surface area contributed by atoms with Crippen LogP contribution in [-0.4, -0.2) is 42.8 Å². The van der Waals surface area contributed by atoms with Crippen molar-refractivity contribution in [3.05, 3.63) is 0 Å². The second-order valence-corrected chi connectivity index (χ2v) is 5.49. The van der Waals surface area contributed by atoms with E-state index in [-0.39, 0.29) is 0 Å². The second kappa shape index (κ2) is 8.06. The summed E-state index contributed by atoms with van der Waals surface area (Å²) in [5.41, 5.74) is 5.97. The fraction of sp³-hybridized carbons (Fsp3) is 1.00. The largest absolute Gasteiger partial charge is 0.375 e. The quantitative estimate of drug-likeness (QED) is 0.826. The van der Waals surface area contributed by atoms with E-state index in [4.69, 9.17) is 10.5 Å². The van der Waals surface area contributed by atoms with Crippen LogP contribution in [0.2, 0.25) is 0 Å². The minimum Gasteiger partial charge on any atom is -0.375 e. The molecule has 0 aromatic rings. The summed E-state index contributed by atoms with van der Waals surface area (Å²) in [4.78, 5) is 2.49. The van der Waals surface area contributed by atoms with Crippen LogP contribution in [-0.2, 0) is 4.74 Å². The standard InChI is InChI=1S/C11H22N2O.C3H8/c1-9-7-10(12)8-11(14-9)3-6-13-4-2-5-13;1-3-2/h9-11H,2-8,12H2,1H3;3H2,1-2H3. The van der Waals surface area contributed by atoms with Crippen molar-refractivity contribution in [2.24, 2.45) is 5.73 Å². The van der Waals surface area contributed by atoms with Gasteiger partial charge in [-0.25, -0.2) is 0 Å². The van der Waals surface area contributed by atoms with Crippen molar-refractivity contribution in [2.75, 3.05) is 19.6 Å². The van der Waals surface area contributed by atoms with Crippen molar-refractivity contribution in [3.63, 3.8) is 0 Å². The fourth-order valence-corrected chi connectivity index (χ4v) is 2.42. The maximum Gasteiger partial charge on any atom is 0.0605 e. The normalized spacial score (nSPS) is 33.5. The van der Waals surface area contributed by atoms with E-state index in [1.165, 1.54) is 32.5 Å².